The van der Waals surface area contributed by atoms with Crippen LogP contribution in [0.3, 0.4) is 0 Å². The Kier molecular flexibility index (Phi) is 6.85. The number of hydrogen-bond acceptors (Lipinski definition) is 5. The molecule has 2 nitrogen and oxygen atoms in total. The summed E-state index contributed by atoms with van der Waals surface area (Å²) in [6.07, 6.45) is 1.95. The summed E-state index contributed by atoms with van der Waals surface area (Å²) in [6.45, 7) is 14.2. The van der Waals surface area contributed by atoms with E-state index in [1.807, 2.05) is 41.5 Å². The first-order valence-corrected chi connectivity index (χ1v) is 21.2. The molecular formula is C49H38N2S3. The molecule has 0 N–H and O–H groups in total. The van der Waals surface area contributed by atoms with Gasteiger partial charge < -0.3 is 0 Å². The topological polar surface area (TPSA) is 25.8 Å². The molecule has 0 bridgehead atoms. The molecule has 6 aromatic carbocycles. The number of fused-ring (bicyclic) bond motifs is 12. The first-order valence-electron chi connectivity index (χ1n) is 18.7. The number of nitrogens with zero attached hydrogens (tertiary/aromatic N) is 2. The monoisotopic (exact) mass is 750 g/mol. The van der Waals surface area contributed by atoms with E-state index < -0.39 is 0 Å². The van der Waals surface area contributed by atoms with Crippen molar-refractivity contribution in [2.45, 2.75) is 87.2 Å². The standard InChI is InChI=1S/C49H38N2S3/c1-47(2)31-17-9-7-13-27(31)40-33(47)21-22-36-44(40)53-42-29(15-11-19-35(42)49(36,5)6)37-25-26-50-46(51-37)30-16-12-20-38-43(30)54-45-39(52-38)24-23-34-41(45)28-14-8-10-18-32(28)48(34,3)4/h7-26H,1-6H3. The summed E-state index contributed by atoms with van der Waals surface area (Å²) < 4.78 is 0. The third kappa shape index (κ3) is 4.35. The van der Waals surface area contributed by atoms with Crippen LogP contribution in [0.15, 0.2) is 151 Å². The van der Waals surface area contributed by atoms with Gasteiger partial charge in [-0.15, -0.1) is 0 Å². The van der Waals surface area contributed by atoms with Gasteiger partial charge in [-0.3, -0.25) is 0 Å². The largest absolute Gasteiger partial charge is 0.237 e. The first-order chi connectivity index (χ1) is 26.0. The Balaban J connectivity index is 1.03. The van der Waals surface area contributed by atoms with Crippen LogP contribution in [0.4, 0.5) is 0 Å². The zero-order valence-electron chi connectivity index (χ0n) is 31.2. The van der Waals surface area contributed by atoms with Crippen molar-refractivity contribution < 1.29 is 0 Å². The van der Waals surface area contributed by atoms with E-state index in [2.05, 4.69) is 157 Å². The van der Waals surface area contributed by atoms with Gasteiger partial charge in [-0.1, -0.05) is 168 Å². The zero-order chi connectivity index (χ0) is 36.7. The van der Waals surface area contributed by atoms with Gasteiger partial charge in [0.05, 0.1) is 5.69 Å². The Bertz CT molecular complexity index is 2790. The Morgan fingerprint density at radius 2 is 0.907 bits per heavy atom. The van der Waals surface area contributed by atoms with Crippen molar-refractivity contribution in [3.63, 3.8) is 0 Å². The highest BCUT2D eigenvalue weighted by Gasteiger charge is 2.43. The number of benzene rings is 6. The molecule has 5 heteroatoms. The lowest BCUT2D eigenvalue weighted by molar-refractivity contribution is 0.605. The predicted octanol–water partition coefficient (Wildman–Crippen LogP) is 13.8. The molecule has 0 unspecified atom stereocenters. The Morgan fingerprint density at radius 1 is 0.389 bits per heavy atom. The summed E-state index contributed by atoms with van der Waals surface area (Å²) in [5.41, 5.74) is 16.8. The van der Waals surface area contributed by atoms with Crippen molar-refractivity contribution in [1.82, 2.24) is 9.97 Å². The molecule has 11 rings (SSSR count). The Labute approximate surface area is 330 Å². The molecule has 0 spiro atoms. The highest BCUT2D eigenvalue weighted by Crippen LogP contribution is 2.61. The van der Waals surface area contributed by atoms with Crippen molar-refractivity contribution in [3.8, 4) is 44.9 Å². The van der Waals surface area contributed by atoms with E-state index in [1.165, 1.54) is 85.0 Å². The lowest BCUT2D eigenvalue weighted by Gasteiger charge is -2.37. The normalized spacial score (nSPS) is 16.9. The predicted molar refractivity (Wildman–Crippen MR) is 225 cm³/mol. The third-order valence-corrected chi connectivity index (χ3v) is 16.4. The Morgan fingerprint density at radius 3 is 1.65 bits per heavy atom. The molecule has 0 amide bonds. The molecular weight excluding hydrogens is 713 g/mol. The van der Waals surface area contributed by atoms with Gasteiger partial charge in [-0.25, -0.2) is 9.97 Å². The molecule has 262 valence electrons. The zero-order valence-corrected chi connectivity index (χ0v) is 33.6. The van der Waals surface area contributed by atoms with E-state index in [-0.39, 0.29) is 16.2 Å². The van der Waals surface area contributed by atoms with Crippen molar-refractivity contribution in [3.05, 3.63) is 155 Å². The maximum absolute atomic E-state index is 5.41. The highest BCUT2D eigenvalue weighted by molar-refractivity contribution is 8.05. The summed E-state index contributed by atoms with van der Waals surface area (Å²) in [5, 5.41) is 0. The molecule has 4 aliphatic rings. The summed E-state index contributed by atoms with van der Waals surface area (Å²) in [6, 6.07) is 42.9. The van der Waals surface area contributed by atoms with Gasteiger partial charge in [0, 0.05) is 74.1 Å². The SMILES string of the molecule is CC1(C)c2cccc(-c3ccnc(-c4cccc5c4Sc4c(ccc6c4-c4ccccc4C6(C)C)S5)n3)c2Sc2c1ccc1c2-c2ccccc2C1(C)C. The second-order valence-corrected chi connectivity index (χ2v) is 19.7. The fourth-order valence-electron chi connectivity index (χ4n) is 9.61. The van der Waals surface area contributed by atoms with E-state index in [1.54, 1.807) is 0 Å². The first kappa shape index (κ1) is 32.8. The van der Waals surface area contributed by atoms with E-state index in [4.69, 9.17) is 9.97 Å². The van der Waals surface area contributed by atoms with Gasteiger partial charge in [0.15, 0.2) is 5.82 Å². The second-order valence-electron chi connectivity index (χ2n) is 16.5. The fourth-order valence-corrected chi connectivity index (χ4v) is 13.8. The smallest absolute Gasteiger partial charge is 0.160 e. The number of aromatic nitrogens is 2. The minimum atomic E-state index is -0.175. The molecule has 2 aliphatic heterocycles. The molecule has 0 fully saturated rings. The van der Waals surface area contributed by atoms with Crippen LogP contribution in [-0.4, -0.2) is 9.97 Å². The average molecular weight is 751 g/mol. The summed E-state index contributed by atoms with van der Waals surface area (Å²) in [4.78, 5) is 18.2. The van der Waals surface area contributed by atoms with E-state index in [9.17, 15) is 0 Å². The van der Waals surface area contributed by atoms with Gasteiger partial charge >= 0.3 is 0 Å². The van der Waals surface area contributed by atoms with E-state index >= 15 is 0 Å². The van der Waals surface area contributed by atoms with Crippen LogP contribution in [0.1, 0.15) is 74.9 Å². The molecule has 2 aliphatic carbocycles. The van der Waals surface area contributed by atoms with Crippen molar-refractivity contribution >= 4 is 35.3 Å². The van der Waals surface area contributed by atoms with Gasteiger partial charge in [0.25, 0.3) is 0 Å². The van der Waals surface area contributed by atoms with Gasteiger partial charge in [0.2, 0.25) is 0 Å². The van der Waals surface area contributed by atoms with Crippen LogP contribution in [-0.2, 0) is 16.2 Å². The fraction of sp³-hybridized carbons (Fsp3) is 0.184. The molecule has 0 radical (unpaired) electrons. The molecule has 7 aromatic rings. The molecule has 0 saturated carbocycles. The lowest BCUT2D eigenvalue weighted by Crippen LogP contribution is -2.25. The van der Waals surface area contributed by atoms with E-state index in [0.717, 1.165) is 22.6 Å². The van der Waals surface area contributed by atoms with E-state index in [0.29, 0.717) is 0 Å². The molecule has 1 aromatic heterocycles. The lowest BCUT2D eigenvalue weighted by atomic mass is 9.75. The minimum absolute atomic E-state index is 0.0367. The van der Waals surface area contributed by atoms with Crippen molar-refractivity contribution in [2.75, 3.05) is 0 Å². The summed E-state index contributed by atoms with van der Waals surface area (Å²) >= 11 is 5.69. The minimum Gasteiger partial charge on any atom is -0.237 e. The maximum Gasteiger partial charge on any atom is 0.160 e. The van der Waals surface area contributed by atoms with Crippen LogP contribution >= 0.6 is 35.3 Å². The molecule has 54 heavy (non-hydrogen) atoms. The summed E-state index contributed by atoms with van der Waals surface area (Å²) in [5.74, 6) is 0.767. The second kappa shape index (κ2) is 11.3. The molecule has 0 saturated heterocycles. The van der Waals surface area contributed by atoms with Gasteiger partial charge in [0.1, 0.15) is 0 Å². The number of rotatable bonds is 2. The van der Waals surface area contributed by atoms with Crippen LogP contribution in [0.5, 0.6) is 0 Å². The van der Waals surface area contributed by atoms with Crippen LogP contribution < -0.4 is 0 Å². The van der Waals surface area contributed by atoms with Crippen LogP contribution in [0.2, 0.25) is 0 Å². The van der Waals surface area contributed by atoms with Crippen LogP contribution in [0.25, 0.3) is 44.9 Å². The summed E-state index contributed by atoms with van der Waals surface area (Å²) in [7, 11) is 0. The third-order valence-electron chi connectivity index (χ3n) is 12.5. The Hall–Kier alpha value is -4.55. The number of hydrogen-bond donors (Lipinski definition) is 0. The van der Waals surface area contributed by atoms with Crippen molar-refractivity contribution in [1.29, 1.82) is 0 Å². The quantitative estimate of drug-likeness (QED) is 0.175. The molecule has 3 heterocycles. The molecule has 0 atom stereocenters. The average Bonchev–Trinajstić information content (AvgIpc) is 3.57. The van der Waals surface area contributed by atoms with Crippen molar-refractivity contribution in [2.24, 2.45) is 0 Å². The highest BCUT2D eigenvalue weighted by atomic mass is 32.2. The van der Waals surface area contributed by atoms with Gasteiger partial charge in [-0.05, 0) is 68.8 Å². The van der Waals surface area contributed by atoms with Gasteiger partial charge in [-0.2, -0.15) is 0 Å². The maximum atomic E-state index is 5.41. The van der Waals surface area contributed by atoms with Crippen LogP contribution in [0, 0.1) is 0 Å².